The summed E-state index contributed by atoms with van der Waals surface area (Å²) in [5, 5.41) is 0. The van der Waals surface area contributed by atoms with Crippen LogP contribution in [0.1, 0.15) is 36.2 Å². The first-order valence-corrected chi connectivity index (χ1v) is 5.75. The average Bonchev–Trinajstić information content (AvgIpc) is 2.53. The van der Waals surface area contributed by atoms with Gasteiger partial charge in [0.25, 0.3) is 5.91 Å². The number of hydrogen-bond donors (Lipinski definition) is 1. The molecule has 0 saturated carbocycles. The molecule has 0 spiro atoms. The van der Waals surface area contributed by atoms with Crippen molar-refractivity contribution in [3.05, 3.63) is 29.3 Å². The number of nitrogens with zero attached hydrogens (tertiary/aromatic N) is 1. The molecule has 1 aromatic rings. The van der Waals surface area contributed by atoms with Gasteiger partial charge in [0.2, 0.25) is 0 Å². The van der Waals surface area contributed by atoms with Crippen LogP contribution in [0.2, 0.25) is 0 Å². The van der Waals surface area contributed by atoms with Crippen molar-refractivity contribution >= 4 is 11.6 Å². The van der Waals surface area contributed by atoms with E-state index in [1.54, 1.807) is 6.07 Å². The molecule has 3 nitrogen and oxygen atoms in total. The van der Waals surface area contributed by atoms with Crippen molar-refractivity contribution in [2.75, 3.05) is 12.3 Å². The molecule has 0 unspecified atom stereocenters. The van der Waals surface area contributed by atoms with E-state index in [9.17, 15) is 4.79 Å². The van der Waals surface area contributed by atoms with Crippen molar-refractivity contribution in [2.24, 2.45) is 5.92 Å². The van der Waals surface area contributed by atoms with Crippen LogP contribution in [0.4, 0.5) is 5.69 Å². The Balaban J connectivity index is 2.12. The summed E-state index contributed by atoms with van der Waals surface area (Å²) in [6.45, 7) is 5.92. The molecule has 0 saturated heterocycles. The van der Waals surface area contributed by atoms with Gasteiger partial charge in [-0.2, -0.15) is 0 Å². The van der Waals surface area contributed by atoms with Gasteiger partial charge in [-0.1, -0.05) is 19.9 Å². The third kappa shape index (κ3) is 2.03. The smallest absolute Gasteiger partial charge is 0.254 e. The Morgan fingerprint density at radius 3 is 2.88 bits per heavy atom. The fraction of sp³-hybridized carbons (Fsp3) is 0.462. The molecule has 1 heterocycles. The third-order valence-corrected chi connectivity index (χ3v) is 2.99. The third-order valence-electron chi connectivity index (χ3n) is 2.99. The van der Waals surface area contributed by atoms with E-state index in [0.717, 1.165) is 30.6 Å². The molecule has 1 amide bonds. The molecule has 2 N–H and O–H groups in total. The molecule has 1 aromatic carbocycles. The van der Waals surface area contributed by atoms with Crippen molar-refractivity contribution in [1.82, 2.24) is 4.90 Å². The zero-order valence-electron chi connectivity index (χ0n) is 9.86. The lowest BCUT2D eigenvalue weighted by Crippen LogP contribution is -2.25. The molecular formula is C13H18N2O. The summed E-state index contributed by atoms with van der Waals surface area (Å²) in [6.07, 6.45) is 1.05. The lowest BCUT2D eigenvalue weighted by molar-refractivity contribution is 0.0771. The van der Waals surface area contributed by atoms with Gasteiger partial charge in [-0.05, 0) is 30.0 Å². The van der Waals surface area contributed by atoms with E-state index in [2.05, 4.69) is 13.8 Å². The van der Waals surface area contributed by atoms with Gasteiger partial charge in [-0.25, -0.2) is 0 Å². The number of nitrogen functional groups attached to an aromatic ring is 1. The molecule has 0 bridgehead atoms. The summed E-state index contributed by atoms with van der Waals surface area (Å²) in [5.74, 6) is 0.754. The Hall–Kier alpha value is -1.51. The van der Waals surface area contributed by atoms with Gasteiger partial charge < -0.3 is 10.6 Å². The van der Waals surface area contributed by atoms with Gasteiger partial charge in [-0.3, -0.25) is 4.79 Å². The van der Waals surface area contributed by atoms with E-state index >= 15 is 0 Å². The minimum absolute atomic E-state index is 0.128. The molecule has 16 heavy (non-hydrogen) atoms. The number of rotatable bonds is 3. The van der Waals surface area contributed by atoms with E-state index < -0.39 is 0 Å². The van der Waals surface area contributed by atoms with E-state index in [4.69, 9.17) is 5.73 Å². The second-order valence-corrected chi connectivity index (χ2v) is 4.83. The maximum absolute atomic E-state index is 12.0. The van der Waals surface area contributed by atoms with Crippen LogP contribution in [0, 0.1) is 5.92 Å². The fourth-order valence-corrected chi connectivity index (χ4v) is 1.97. The summed E-state index contributed by atoms with van der Waals surface area (Å²) in [4.78, 5) is 13.9. The normalized spacial score (nSPS) is 14.7. The van der Waals surface area contributed by atoms with Gasteiger partial charge in [0, 0.05) is 24.3 Å². The lowest BCUT2D eigenvalue weighted by atomic mass is 10.1. The van der Waals surface area contributed by atoms with E-state index in [1.807, 2.05) is 17.0 Å². The number of carbonyl (C=O) groups excluding carboxylic acids is 1. The molecule has 0 aliphatic carbocycles. The van der Waals surface area contributed by atoms with Crippen LogP contribution in [0.5, 0.6) is 0 Å². The second-order valence-electron chi connectivity index (χ2n) is 4.83. The predicted molar refractivity (Wildman–Crippen MR) is 65.0 cm³/mol. The molecule has 0 radical (unpaired) electrons. The Morgan fingerprint density at radius 1 is 1.44 bits per heavy atom. The van der Waals surface area contributed by atoms with Gasteiger partial charge >= 0.3 is 0 Å². The second kappa shape index (κ2) is 4.16. The molecule has 0 aromatic heterocycles. The largest absolute Gasteiger partial charge is 0.399 e. The van der Waals surface area contributed by atoms with Crippen LogP contribution < -0.4 is 5.73 Å². The van der Waals surface area contributed by atoms with E-state index in [0.29, 0.717) is 11.6 Å². The topological polar surface area (TPSA) is 46.3 Å². The summed E-state index contributed by atoms with van der Waals surface area (Å²) in [6, 6.07) is 5.60. The van der Waals surface area contributed by atoms with Crippen molar-refractivity contribution in [2.45, 2.75) is 26.8 Å². The maximum atomic E-state index is 12.0. The highest BCUT2D eigenvalue weighted by atomic mass is 16.2. The molecule has 1 aliphatic heterocycles. The van der Waals surface area contributed by atoms with Crippen molar-refractivity contribution in [1.29, 1.82) is 0 Å². The van der Waals surface area contributed by atoms with Crippen LogP contribution in [-0.2, 0) is 6.54 Å². The van der Waals surface area contributed by atoms with Crippen LogP contribution in [0.3, 0.4) is 0 Å². The highest BCUT2D eigenvalue weighted by Crippen LogP contribution is 2.25. The number of hydrogen-bond acceptors (Lipinski definition) is 2. The molecule has 0 fully saturated rings. The molecule has 0 atom stereocenters. The van der Waals surface area contributed by atoms with Gasteiger partial charge in [0.15, 0.2) is 0 Å². The zero-order valence-corrected chi connectivity index (χ0v) is 9.86. The Kier molecular flexibility index (Phi) is 2.86. The monoisotopic (exact) mass is 218 g/mol. The highest BCUT2D eigenvalue weighted by molar-refractivity contribution is 5.99. The summed E-state index contributed by atoms with van der Waals surface area (Å²) < 4.78 is 0. The first-order chi connectivity index (χ1) is 7.58. The van der Waals surface area contributed by atoms with Crippen molar-refractivity contribution in [3.8, 4) is 0 Å². The zero-order chi connectivity index (χ0) is 11.7. The summed E-state index contributed by atoms with van der Waals surface area (Å²) >= 11 is 0. The average molecular weight is 218 g/mol. The van der Waals surface area contributed by atoms with Crippen molar-refractivity contribution in [3.63, 3.8) is 0 Å². The predicted octanol–water partition coefficient (Wildman–Crippen LogP) is 2.27. The summed E-state index contributed by atoms with van der Waals surface area (Å²) in [5.41, 5.74) is 8.24. The first kappa shape index (κ1) is 11.0. The van der Waals surface area contributed by atoms with Gasteiger partial charge in [-0.15, -0.1) is 0 Å². The number of nitrogens with two attached hydrogens (primary N) is 1. The van der Waals surface area contributed by atoms with Crippen LogP contribution >= 0.6 is 0 Å². The lowest BCUT2D eigenvalue weighted by Gasteiger charge is -2.16. The number of benzene rings is 1. The van der Waals surface area contributed by atoms with Crippen molar-refractivity contribution < 1.29 is 4.79 Å². The highest BCUT2D eigenvalue weighted by Gasteiger charge is 2.26. The maximum Gasteiger partial charge on any atom is 0.254 e. The Bertz CT molecular complexity index is 412. The minimum atomic E-state index is 0.128. The Labute approximate surface area is 96.2 Å². The molecule has 1 aliphatic rings. The number of fused-ring (bicyclic) bond motifs is 1. The molecular weight excluding hydrogens is 200 g/mol. The van der Waals surface area contributed by atoms with Gasteiger partial charge in [0.1, 0.15) is 0 Å². The number of carbonyl (C=O) groups is 1. The van der Waals surface area contributed by atoms with Crippen LogP contribution in [-0.4, -0.2) is 17.4 Å². The SMILES string of the molecule is CC(C)CCN1Cc2ccc(N)cc2C1=O. The molecule has 2 rings (SSSR count). The van der Waals surface area contributed by atoms with E-state index in [1.165, 1.54) is 0 Å². The van der Waals surface area contributed by atoms with Crippen LogP contribution in [0.15, 0.2) is 18.2 Å². The molecule has 86 valence electrons. The number of anilines is 1. The molecule has 3 heteroatoms. The van der Waals surface area contributed by atoms with Crippen LogP contribution in [0.25, 0.3) is 0 Å². The minimum Gasteiger partial charge on any atom is -0.399 e. The van der Waals surface area contributed by atoms with Gasteiger partial charge in [0.05, 0.1) is 0 Å². The summed E-state index contributed by atoms with van der Waals surface area (Å²) in [7, 11) is 0. The first-order valence-electron chi connectivity index (χ1n) is 5.75. The van der Waals surface area contributed by atoms with E-state index in [-0.39, 0.29) is 5.91 Å². The number of amides is 1. The quantitative estimate of drug-likeness (QED) is 0.791. The fourth-order valence-electron chi connectivity index (χ4n) is 1.97. The standard InChI is InChI=1S/C13H18N2O/c1-9(2)5-6-15-8-10-3-4-11(14)7-12(10)13(15)16/h3-4,7,9H,5-6,8,14H2,1-2H3. The Morgan fingerprint density at radius 2 is 2.19 bits per heavy atom.